The summed E-state index contributed by atoms with van der Waals surface area (Å²) in [5, 5.41) is 3.80. The molecule has 4 nitrogen and oxygen atoms in total. The number of anilines is 1. The Bertz CT molecular complexity index is 860. The molecule has 0 saturated carbocycles. The Hall–Kier alpha value is -2.59. The van der Waals surface area contributed by atoms with Crippen LogP contribution in [0.5, 0.6) is 0 Å². The van der Waals surface area contributed by atoms with Crippen molar-refractivity contribution in [2.75, 3.05) is 11.9 Å². The fourth-order valence-electron chi connectivity index (χ4n) is 2.49. The second kappa shape index (κ2) is 7.32. The highest BCUT2D eigenvalue weighted by Crippen LogP contribution is 2.15. The van der Waals surface area contributed by atoms with Crippen molar-refractivity contribution in [3.05, 3.63) is 87.9 Å². The topological polar surface area (TPSA) is 46.9 Å². The Kier molecular flexibility index (Phi) is 4.96. The number of nitrogens with zero attached hydrogens (tertiary/aromatic N) is 2. The highest BCUT2D eigenvalue weighted by atomic mass is 35.5. The lowest BCUT2D eigenvalue weighted by Crippen LogP contribution is -2.24. The minimum absolute atomic E-state index is 0.180. The first-order chi connectivity index (χ1) is 11.6. The van der Waals surface area contributed by atoms with E-state index in [1.54, 1.807) is 41.2 Å². The maximum atomic E-state index is 12.6. The maximum Gasteiger partial charge on any atom is 0.297 e. The largest absolute Gasteiger partial charge is 0.365 e. The van der Waals surface area contributed by atoms with E-state index in [0.717, 1.165) is 5.69 Å². The zero-order valence-electron chi connectivity index (χ0n) is 13.3. The number of aromatic nitrogens is 2. The standard InChI is InChI=1S/C19H18ClN3O/c1-14(15-5-3-2-4-6-15)13-22-18-19(24)23(12-11-21-18)17-9-7-16(20)8-10-17/h2-12,14H,13H2,1H3,(H,21,22)/t14-/m1/s1. The van der Waals surface area contributed by atoms with E-state index in [-0.39, 0.29) is 11.5 Å². The zero-order valence-corrected chi connectivity index (χ0v) is 14.1. The number of halogens is 1. The van der Waals surface area contributed by atoms with E-state index in [1.165, 1.54) is 5.56 Å². The van der Waals surface area contributed by atoms with Crippen LogP contribution in [0.15, 0.2) is 71.8 Å². The molecule has 3 rings (SSSR count). The van der Waals surface area contributed by atoms with Crippen molar-refractivity contribution in [3.8, 4) is 5.69 Å². The third kappa shape index (κ3) is 3.66. The molecule has 2 aromatic carbocycles. The van der Waals surface area contributed by atoms with Crippen molar-refractivity contribution < 1.29 is 0 Å². The molecule has 122 valence electrons. The van der Waals surface area contributed by atoms with Crippen LogP contribution in [-0.2, 0) is 0 Å². The molecule has 1 atom stereocenters. The highest BCUT2D eigenvalue weighted by Gasteiger charge is 2.09. The number of benzene rings is 2. The molecular weight excluding hydrogens is 322 g/mol. The second-order valence-electron chi connectivity index (χ2n) is 5.62. The number of hydrogen-bond donors (Lipinski definition) is 1. The molecule has 24 heavy (non-hydrogen) atoms. The Morgan fingerprint density at radius 1 is 1.12 bits per heavy atom. The van der Waals surface area contributed by atoms with E-state index >= 15 is 0 Å². The molecule has 0 aliphatic rings. The van der Waals surface area contributed by atoms with Gasteiger partial charge in [-0.2, -0.15) is 0 Å². The van der Waals surface area contributed by atoms with Crippen LogP contribution in [-0.4, -0.2) is 16.1 Å². The summed E-state index contributed by atoms with van der Waals surface area (Å²) < 4.78 is 1.55. The SMILES string of the molecule is C[C@H](CNc1nccn(-c2ccc(Cl)cc2)c1=O)c1ccccc1. The number of nitrogens with one attached hydrogen (secondary N) is 1. The average Bonchev–Trinajstić information content (AvgIpc) is 2.62. The van der Waals surface area contributed by atoms with Gasteiger partial charge in [0.2, 0.25) is 0 Å². The lowest BCUT2D eigenvalue weighted by Gasteiger charge is -2.14. The summed E-state index contributed by atoms with van der Waals surface area (Å²) in [6, 6.07) is 17.3. The Morgan fingerprint density at radius 2 is 1.83 bits per heavy atom. The first-order valence-electron chi connectivity index (χ1n) is 7.77. The number of hydrogen-bond acceptors (Lipinski definition) is 3. The molecule has 5 heteroatoms. The first-order valence-corrected chi connectivity index (χ1v) is 8.15. The monoisotopic (exact) mass is 339 g/mol. The highest BCUT2D eigenvalue weighted by molar-refractivity contribution is 6.30. The summed E-state index contributed by atoms with van der Waals surface area (Å²) >= 11 is 5.90. The van der Waals surface area contributed by atoms with E-state index in [4.69, 9.17) is 11.6 Å². The molecule has 0 aliphatic heterocycles. The predicted octanol–water partition coefficient (Wildman–Crippen LogP) is 4.10. The van der Waals surface area contributed by atoms with Gasteiger partial charge in [-0.1, -0.05) is 48.9 Å². The molecule has 0 unspecified atom stereocenters. The minimum atomic E-state index is -0.180. The van der Waals surface area contributed by atoms with Gasteiger partial charge in [0.05, 0.1) is 0 Å². The summed E-state index contributed by atoms with van der Waals surface area (Å²) in [6.45, 7) is 2.75. The quantitative estimate of drug-likeness (QED) is 0.761. The lowest BCUT2D eigenvalue weighted by atomic mass is 10.0. The maximum absolute atomic E-state index is 12.6. The van der Waals surface area contributed by atoms with E-state index in [1.807, 2.05) is 18.2 Å². The molecule has 0 aliphatic carbocycles. The molecule has 1 heterocycles. The minimum Gasteiger partial charge on any atom is -0.365 e. The van der Waals surface area contributed by atoms with E-state index < -0.39 is 0 Å². The Labute approximate surface area is 145 Å². The average molecular weight is 340 g/mol. The van der Waals surface area contributed by atoms with Crippen molar-refractivity contribution in [1.29, 1.82) is 0 Å². The first kappa shape index (κ1) is 16.3. The fourth-order valence-corrected chi connectivity index (χ4v) is 2.61. The summed E-state index contributed by atoms with van der Waals surface area (Å²) in [6.07, 6.45) is 3.27. The van der Waals surface area contributed by atoms with Crippen molar-refractivity contribution in [2.24, 2.45) is 0 Å². The molecule has 1 aromatic heterocycles. The molecule has 0 saturated heterocycles. The molecule has 3 aromatic rings. The van der Waals surface area contributed by atoms with Gasteiger partial charge in [-0.25, -0.2) is 4.98 Å². The van der Waals surface area contributed by atoms with Gasteiger partial charge in [-0.3, -0.25) is 9.36 Å². The van der Waals surface area contributed by atoms with E-state index in [9.17, 15) is 4.79 Å². The zero-order chi connectivity index (χ0) is 16.9. The third-order valence-electron chi connectivity index (χ3n) is 3.89. The van der Waals surface area contributed by atoms with Gasteiger partial charge < -0.3 is 5.32 Å². The summed E-state index contributed by atoms with van der Waals surface area (Å²) in [5.74, 6) is 0.617. The second-order valence-corrected chi connectivity index (χ2v) is 6.06. The predicted molar refractivity (Wildman–Crippen MR) is 98.2 cm³/mol. The normalized spacial score (nSPS) is 11.9. The van der Waals surface area contributed by atoms with Gasteiger partial charge in [0.25, 0.3) is 5.56 Å². The van der Waals surface area contributed by atoms with Crippen LogP contribution in [0.2, 0.25) is 5.02 Å². The fraction of sp³-hybridized carbons (Fsp3) is 0.158. The molecular formula is C19H18ClN3O. The van der Waals surface area contributed by atoms with Crippen LogP contribution in [0.4, 0.5) is 5.82 Å². The van der Waals surface area contributed by atoms with Crippen LogP contribution in [0.3, 0.4) is 0 Å². The van der Waals surface area contributed by atoms with Crippen molar-refractivity contribution in [3.63, 3.8) is 0 Å². The molecule has 0 amide bonds. The van der Waals surface area contributed by atoms with Crippen molar-refractivity contribution >= 4 is 17.4 Å². The molecule has 0 radical (unpaired) electrons. The van der Waals surface area contributed by atoms with Gasteiger partial charge in [0, 0.05) is 29.6 Å². The summed E-state index contributed by atoms with van der Waals surface area (Å²) in [4.78, 5) is 16.8. The van der Waals surface area contributed by atoms with Crippen LogP contribution in [0.25, 0.3) is 5.69 Å². The van der Waals surface area contributed by atoms with Crippen LogP contribution in [0, 0.1) is 0 Å². The van der Waals surface area contributed by atoms with Gasteiger partial charge >= 0.3 is 0 Å². The number of rotatable bonds is 5. The third-order valence-corrected chi connectivity index (χ3v) is 4.14. The van der Waals surface area contributed by atoms with Crippen molar-refractivity contribution in [2.45, 2.75) is 12.8 Å². The van der Waals surface area contributed by atoms with Crippen molar-refractivity contribution in [1.82, 2.24) is 9.55 Å². The lowest BCUT2D eigenvalue weighted by molar-refractivity contribution is 0.796. The molecule has 0 bridgehead atoms. The van der Waals surface area contributed by atoms with Crippen LogP contribution >= 0.6 is 11.6 Å². The summed E-state index contributed by atoms with van der Waals surface area (Å²) in [7, 11) is 0. The Balaban J connectivity index is 1.79. The molecule has 0 spiro atoms. The summed E-state index contributed by atoms with van der Waals surface area (Å²) in [5.41, 5.74) is 1.80. The van der Waals surface area contributed by atoms with Gasteiger partial charge in [-0.15, -0.1) is 0 Å². The van der Waals surface area contributed by atoms with Gasteiger partial charge in [0.1, 0.15) is 0 Å². The van der Waals surface area contributed by atoms with Gasteiger partial charge in [0.15, 0.2) is 5.82 Å². The molecule has 1 N–H and O–H groups in total. The van der Waals surface area contributed by atoms with E-state index in [0.29, 0.717) is 17.4 Å². The Morgan fingerprint density at radius 3 is 2.54 bits per heavy atom. The van der Waals surface area contributed by atoms with Crippen LogP contribution in [0.1, 0.15) is 18.4 Å². The van der Waals surface area contributed by atoms with E-state index in [2.05, 4.69) is 29.4 Å². The smallest absolute Gasteiger partial charge is 0.297 e. The molecule has 0 fully saturated rings. The van der Waals surface area contributed by atoms with Gasteiger partial charge in [-0.05, 0) is 35.7 Å². The van der Waals surface area contributed by atoms with Crippen LogP contribution < -0.4 is 10.9 Å².